The molecule has 0 radical (unpaired) electrons. The Balaban J connectivity index is 1.61. The van der Waals surface area contributed by atoms with Gasteiger partial charge < -0.3 is 4.74 Å². The highest BCUT2D eigenvalue weighted by atomic mass is 32.2. The molecule has 0 aliphatic carbocycles. The average Bonchev–Trinajstić information content (AvgIpc) is 2.97. The summed E-state index contributed by atoms with van der Waals surface area (Å²) in [6.07, 6.45) is 3.29. The minimum absolute atomic E-state index is 0.0422. The maximum Gasteiger partial charge on any atom is 0.303 e. The van der Waals surface area contributed by atoms with Gasteiger partial charge in [-0.25, -0.2) is 4.72 Å². The Kier molecular flexibility index (Phi) is 4.82. The van der Waals surface area contributed by atoms with Crippen LogP contribution in [0.2, 0.25) is 0 Å². The summed E-state index contributed by atoms with van der Waals surface area (Å²) in [5.41, 5.74) is 1.20. The average molecular weight is 344 g/mol. The zero-order valence-electron chi connectivity index (χ0n) is 12.3. The summed E-state index contributed by atoms with van der Waals surface area (Å²) in [4.78, 5) is 13.1. The van der Waals surface area contributed by atoms with Crippen molar-refractivity contribution in [3.05, 3.63) is 21.9 Å². The summed E-state index contributed by atoms with van der Waals surface area (Å²) in [7, 11) is -3.72. The van der Waals surface area contributed by atoms with Crippen LogP contribution in [0.25, 0.3) is 0 Å². The lowest BCUT2D eigenvalue weighted by atomic mass is 10.1. The molecule has 0 bridgehead atoms. The van der Waals surface area contributed by atoms with Gasteiger partial charge in [0.2, 0.25) is 5.91 Å². The van der Waals surface area contributed by atoms with Crippen LogP contribution in [-0.4, -0.2) is 38.3 Å². The van der Waals surface area contributed by atoms with Crippen LogP contribution in [0.5, 0.6) is 0 Å². The van der Waals surface area contributed by atoms with E-state index in [4.69, 9.17) is 4.74 Å². The first-order valence-electron chi connectivity index (χ1n) is 7.55. The van der Waals surface area contributed by atoms with Gasteiger partial charge in [-0.1, -0.05) is 6.42 Å². The van der Waals surface area contributed by atoms with Crippen molar-refractivity contribution in [2.24, 2.45) is 0 Å². The number of rotatable bonds is 4. The Morgan fingerprint density at radius 3 is 2.91 bits per heavy atom. The molecule has 1 N–H and O–H groups in total. The largest absolute Gasteiger partial charge is 0.372 e. The van der Waals surface area contributed by atoms with E-state index in [1.54, 1.807) is 11.3 Å². The number of fused-ring (bicyclic) bond motifs is 1. The van der Waals surface area contributed by atoms with Gasteiger partial charge in [0.15, 0.2) is 0 Å². The number of carbonyl (C=O) groups excluding carboxylic acids is 1. The molecule has 3 heterocycles. The third kappa shape index (κ3) is 3.51. The van der Waals surface area contributed by atoms with E-state index in [1.165, 1.54) is 9.87 Å². The summed E-state index contributed by atoms with van der Waals surface area (Å²) in [5.74, 6) is -0.503. The predicted octanol–water partition coefficient (Wildman–Crippen LogP) is 1.60. The second-order valence-electron chi connectivity index (χ2n) is 5.61. The monoisotopic (exact) mass is 344 g/mol. The SMILES string of the molecule is O=C(C[C@@H]1OCCc2ccsc21)NS(=O)(=O)N1CCCCC1. The van der Waals surface area contributed by atoms with Crippen molar-refractivity contribution < 1.29 is 17.9 Å². The van der Waals surface area contributed by atoms with Gasteiger partial charge in [0, 0.05) is 18.0 Å². The zero-order valence-corrected chi connectivity index (χ0v) is 13.9. The van der Waals surface area contributed by atoms with Crippen LogP contribution in [-0.2, 0) is 26.2 Å². The molecule has 1 aromatic heterocycles. The van der Waals surface area contributed by atoms with Crippen molar-refractivity contribution in [1.82, 2.24) is 9.03 Å². The first-order chi connectivity index (χ1) is 10.6. The molecule has 122 valence electrons. The molecule has 1 saturated heterocycles. The molecule has 0 spiro atoms. The van der Waals surface area contributed by atoms with Crippen LogP contribution in [0.3, 0.4) is 0 Å². The van der Waals surface area contributed by atoms with Gasteiger partial charge in [0.25, 0.3) is 0 Å². The summed E-state index contributed by atoms with van der Waals surface area (Å²) in [6.45, 7) is 1.54. The van der Waals surface area contributed by atoms with E-state index in [2.05, 4.69) is 4.72 Å². The van der Waals surface area contributed by atoms with Crippen LogP contribution >= 0.6 is 11.3 Å². The highest BCUT2D eigenvalue weighted by Gasteiger charge is 2.29. The maximum absolute atomic E-state index is 12.2. The molecule has 1 fully saturated rings. The molecule has 1 aromatic rings. The molecule has 2 aliphatic heterocycles. The third-order valence-corrected chi connectivity index (χ3v) is 6.61. The fourth-order valence-electron chi connectivity index (χ4n) is 2.90. The molecular formula is C14H20N2O4S2. The molecule has 0 unspecified atom stereocenters. The van der Waals surface area contributed by atoms with E-state index in [-0.39, 0.29) is 12.5 Å². The normalized spacial score (nSPS) is 23.0. The lowest BCUT2D eigenvalue weighted by molar-refractivity contribution is -0.122. The first kappa shape index (κ1) is 15.9. The van der Waals surface area contributed by atoms with Crippen molar-refractivity contribution in [1.29, 1.82) is 0 Å². The number of hydrogen-bond donors (Lipinski definition) is 1. The lowest BCUT2D eigenvalue weighted by Crippen LogP contribution is -2.46. The molecule has 0 aromatic carbocycles. The number of carbonyl (C=O) groups is 1. The second-order valence-corrected chi connectivity index (χ2v) is 8.23. The number of ether oxygens (including phenoxy) is 1. The van der Waals surface area contributed by atoms with Crippen LogP contribution < -0.4 is 4.72 Å². The molecule has 8 heteroatoms. The highest BCUT2D eigenvalue weighted by molar-refractivity contribution is 7.87. The molecule has 0 saturated carbocycles. The summed E-state index contributed by atoms with van der Waals surface area (Å²) in [5, 5.41) is 1.98. The summed E-state index contributed by atoms with van der Waals surface area (Å²) < 4.78 is 33.5. The fourth-order valence-corrected chi connectivity index (χ4v) is 5.14. The molecular weight excluding hydrogens is 324 g/mol. The van der Waals surface area contributed by atoms with Crippen LogP contribution in [0.1, 0.15) is 42.2 Å². The van der Waals surface area contributed by atoms with Crippen LogP contribution in [0.15, 0.2) is 11.4 Å². The first-order valence-corrected chi connectivity index (χ1v) is 9.87. The topological polar surface area (TPSA) is 75.7 Å². The van der Waals surface area contributed by atoms with E-state index < -0.39 is 16.1 Å². The van der Waals surface area contributed by atoms with E-state index in [0.717, 1.165) is 30.6 Å². The molecule has 1 atom stereocenters. The minimum atomic E-state index is -3.72. The Bertz CT molecular complexity index is 635. The number of hydrogen-bond acceptors (Lipinski definition) is 5. The van der Waals surface area contributed by atoms with Crippen molar-refractivity contribution in [2.75, 3.05) is 19.7 Å². The van der Waals surface area contributed by atoms with Gasteiger partial charge in [-0.05, 0) is 36.3 Å². The highest BCUT2D eigenvalue weighted by Crippen LogP contribution is 2.33. The summed E-state index contributed by atoms with van der Waals surface area (Å²) >= 11 is 1.56. The Morgan fingerprint density at radius 2 is 2.14 bits per heavy atom. The standard InChI is InChI=1S/C14H20N2O4S2/c17-13(15-22(18,19)16-6-2-1-3-7-16)10-12-14-11(4-8-20-12)5-9-21-14/h5,9,12H,1-4,6-8,10H2,(H,15,17)/t12-/m0/s1. The Labute approximate surface area is 134 Å². The lowest BCUT2D eigenvalue weighted by Gasteiger charge is -2.26. The van der Waals surface area contributed by atoms with E-state index >= 15 is 0 Å². The van der Waals surface area contributed by atoms with Gasteiger partial charge in [-0.3, -0.25) is 4.79 Å². The number of nitrogens with one attached hydrogen (secondary N) is 1. The Hall–Kier alpha value is -0.960. The van der Waals surface area contributed by atoms with Crippen LogP contribution in [0, 0.1) is 0 Å². The summed E-state index contributed by atoms with van der Waals surface area (Å²) in [6, 6.07) is 2.04. The van der Waals surface area contributed by atoms with Crippen molar-refractivity contribution in [2.45, 2.75) is 38.2 Å². The van der Waals surface area contributed by atoms with Crippen molar-refractivity contribution in [3.63, 3.8) is 0 Å². The van der Waals surface area contributed by atoms with Gasteiger partial charge in [0.1, 0.15) is 6.10 Å². The Morgan fingerprint density at radius 1 is 1.36 bits per heavy atom. The number of amides is 1. The van der Waals surface area contributed by atoms with Crippen LogP contribution in [0.4, 0.5) is 0 Å². The molecule has 2 aliphatic rings. The molecule has 22 heavy (non-hydrogen) atoms. The van der Waals surface area contributed by atoms with E-state index in [1.807, 2.05) is 11.4 Å². The van der Waals surface area contributed by atoms with E-state index in [0.29, 0.717) is 19.7 Å². The number of thiophene rings is 1. The molecule has 3 rings (SSSR count). The van der Waals surface area contributed by atoms with Gasteiger partial charge >= 0.3 is 10.2 Å². The third-order valence-electron chi connectivity index (χ3n) is 4.03. The van der Waals surface area contributed by atoms with Crippen molar-refractivity contribution in [3.8, 4) is 0 Å². The minimum Gasteiger partial charge on any atom is -0.372 e. The fraction of sp³-hybridized carbons (Fsp3) is 0.643. The predicted molar refractivity (Wildman–Crippen MR) is 83.8 cm³/mol. The van der Waals surface area contributed by atoms with Gasteiger partial charge in [0.05, 0.1) is 13.0 Å². The zero-order chi connectivity index (χ0) is 15.6. The molecule has 1 amide bonds. The second kappa shape index (κ2) is 6.66. The number of nitrogens with zero attached hydrogens (tertiary/aromatic N) is 1. The molecule has 6 nitrogen and oxygen atoms in total. The van der Waals surface area contributed by atoms with Gasteiger partial charge in [-0.15, -0.1) is 11.3 Å². The van der Waals surface area contributed by atoms with E-state index in [9.17, 15) is 13.2 Å². The maximum atomic E-state index is 12.2. The number of piperidine rings is 1. The quantitative estimate of drug-likeness (QED) is 0.900. The van der Waals surface area contributed by atoms with Crippen molar-refractivity contribution >= 4 is 27.5 Å². The van der Waals surface area contributed by atoms with Gasteiger partial charge in [-0.2, -0.15) is 12.7 Å². The smallest absolute Gasteiger partial charge is 0.303 e.